The van der Waals surface area contributed by atoms with Gasteiger partial charge in [0.25, 0.3) is 5.56 Å². The molecule has 19 heavy (non-hydrogen) atoms. The molecule has 0 saturated carbocycles. The second-order valence-corrected chi connectivity index (χ2v) is 4.04. The van der Waals surface area contributed by atoms with Gasteiger partial charge in [0, 0.05) is 19.7 Å². The van der Waals surface area contributed by atoms with Gasteiger partial charge in [-0.15, -0.1) is 6.58 Å². The number of aromatic nitrogens is 2. The number of furan rings is 1. The molecule has 100 valence electrons. The Morgan fingerprint density at radius 3 is 2.89 bits per heavy atom. The van der Waals surface area contributed by atoms with Crippen molar-refractivity contribution in [3.8, 4) is 0 Å². The fourth-order valence-corrected chi connectivity index (χ4v) is 1.71. The third kappa shape index (κ3) is 2.67. The van der Waals surface area contributed by atoms with Crippen molar-refractivity contribution in [1.29, 1.82) is 0 Å². The Morgan fingerprint density at radius 2 is 2.26 bits per heavy atom. The summed E-state index contributed by atoms with van der Waals surface area (Å²) in [5, 5.41) is 3.02. The molecular weight excluding hydrogens is 246 g/mol. The molecule has 2 rings (SSSR count). The number of hydrogen-bond acceptors (Lipinski definition) is 4. The van der Waals surface area contributed by atoms with Gasteiger partial charge in [-0.25, -0.2) is 4.79 Å². The monoisotopic (exact) mass is 261 g/mol. The number of allylic oxidation sites excluding steroid dienone is 1. The summed E-state index contributed by atoms with van der Waals surface area (Å²) in [4.78, 5) is 23.6. The van der Waals surface area contributed by atoms with Crippen molar-refractivity contribution in [3.63, 3.8) is 0 Å². The molecule has 6 heteroatoms. The van der Waals surface area contributed by atoms with Crippen molar-refractivity contribution < 1.29 is 4.42 Å². The molecule has 0 amide bonds. The van der Waals surface area contributed by atoms with E-state index in [1.165, 1.54) is 17.7 Å². The molecule has 0 atom stereocenters. The van der Waals surface area contributed by atoms with Crippen molar-refractivity contribution in [1.82, 2.24) is 9.13 Å². The third-order valence-electron chi connectivity index (χ3n) is 2.73. The molecule has 0 spiro atoms. The molecule has 6 nitrogen and oxygen atoms in total. The molecular formula is C13H15N3O3. The van der Waals surface area contributed by atoms with E-state index in [4.69, 9.17) is 4.42 Å². The predicted molar refractivity (Wildman–Crippen MR) is 72.2 cm³/mol. The van der Waals surface area contributed by atoms with Crippen LogP contribution in [0.5, 0.6) is 0 Å². The Bertz CT molecular complexity index is 680. The highest BCUT2D eigenvalue weighted by atomic mass is 16.3. The number of hydrogen-bond donors (Lipinski definition) is 1. The first kappa shape index (κ1) is 12.9. The maximum atomic E-state index is 12.0. The highest BCUT2D eigenvalue weighted by molar-refractivity contribution is 5.34. The molecule has 0 aromatic carbocycles. The van der Waals surface area contributed by atoms with Crippen LogP contribution in [-0.2, 0) is 20.1 Å². The topological polar surface area (TPSA) is 69.2 Å². The van der Waals surface area contributed by atoms with Crippen LogP contribution in [-0.4, -0.2) is 9.13 Å². The minimum atomic E-state index is -0.380. The van der Waals surface area contributed by atoms with Gasteiger partial charge in [-0.05, 0) is 12.1 Å². The molecule has 0 aliphatic heterocycles. The lowest BCUT2D eigenvalue weighted by Crippen LogP contribution is -2.38. The lowest BCUT2D eigenvalue weighted by Gasteiger charge is -2.13. The highest BCUT2D eigenvalue weighted by Gasteiger charge is 2.08. The summed E-state index contributed by atoms with van der Waals surface area (Å²) in [5.41, 5.74) is -0.735. The Kier molecular flexibility index (Phi) is 3.70. The van der Waals surface area contributed by atoms with E-state index in [2.05, 4.69) is 11.9 Å². The molecule has 0 radical (unpaired) electrons. The van der Waals surface area contributed by atoms with Crippen LogP contribution in [0.3, 0.4) is 0 Å². The van der Waals surface area contributed by atoms with Crippen molar-refractivity contribution in [2.75, 3.05) is 5.32 Å². The molecule has 0 saturated heterocycles. The van der Waals surface area contributed by atoms with Gasteiger partial charge in [0.05, 0.1) is 12.8 Å². The summed E-state index contributed by atoms with van der Waals surface area (Å²) in [6.45, 7) is 4.33. The summed E-state index contributed by atoms with van der Waals surface area (Å²) in [7, 11) is 1.45. The second-order valence-electron chi connectivity index (χ2n) is 4.04. The quantitative estimate of drug-likeness (QED) is 0.813. The molecule has 2 aromatic heterocycles. The summed E-state index contributed by atoms with van der Waals surface area (Å²) in [5.74, 6) is 1.17. The number of rotatable bonds is 5. The summed E-state index contributed by atoms with van der Waals surface area (Å²) >= 11 is 0. The molecule has 1 N–H and O–H groups in total. The summed E-state index contributed by atoms with van der Waals surface area (Å²) in [6, 6.07) is 4.97. The van der Waals surface area contributed by atoms with Crippen LogP contribution in [0.2, 0.25) is 0 Å². The van der Waals surface area contributed by atoms with Crippen LogP contribution in [0.4, 0.5) is 5.82 Å². The first-order chi connectivity index (χ1) is 9.13. The lowest BCUT2D eigenvalue weighted by molar-refractivity contribution is 0.516. The number of nitrogens with one attached hydrogen (secondary N) is 1. The van der Waals surface area contributed by atoms with E-state index in [-0.39, 0.29) is 11.2 Å². The fraction of sp³-hybridized carbons (Fsp3) is 0.231. The maximum Gasteiger partial charge on any atom is 0.332 e. The van der Waals surface area contributed by atoms with Gasteiger partial charge < -0.3 is 9.73 Å². The Hall–Kier alpha value is -2.50. The van der Waals surface area contributed by atoms with Crippen molar-refractivity contribution >= 4 is 5.82 Å². The average Bonchev–Trinajstić information content (AvgIpc) is 2.91. The van der Waals surface area contributed by atoms with E-state index in [1.54, 1.807) is 18.4 Å². The van der Waals surface area contributed by atoms with Crippen molar-refractivity contribution in [2.24, 2.45) is 7.05 Å². The largest absolute Gasteiger partial charge is 0.467 e. The number of nitrogens with zero attached hydrogens (tertiary/aromatic N) is 2. The predicted octanol–water partition coefficient (Wildman–Crippen LogP) is 0.938. The van der Waals surface area contributed by atoms with Crippen LogP contribution in [0.1, 0.15) is 5.76 Å². The van der Waals surface area contributed by atoms with Crippen LogP contribution in [0, 0.1) is 0 Å². The molecule has 0 bridgehead atoms. The van der Waals surface area contributed by atoms with Crippen molar-refractivity contribution in [2.45, 2.75) is 13.1 Å². The SMILES string of the molecule is C=CCn1c(NCc2ccco2)cc(=O)n(C)c1=O. The Balaban J connectivity index is 2.35. The zero-order valence-electron chi connectivity index (χ0n) is 10.6. The summed E-state index contributed by atoms with van der Waals surface area (Å²) in [6.07, 6.45) is 3.17. The van der Waals surface area contributed by atoms with E-state index < -0.39 is 0 Å². The first-order valence-corrected chi connectivity index (χ1v) is 5.81. The van der Waals surface area contributed by atoms with Gasteiger partial charge in [0.15, 0.2) is 0 Å². The Labute approximate surface area is 109 Å². The van der Waals surface area contributed by atoms with Crippen LogP contribution in [0.25, 0.3) is 0 Å². The van der Waals surface area contributed by atoms with Gasteiger partial charge >= 0.3 is 5.69 Å². The average molecular weight is 261 g/mol. The molecule has 0 fully saturated rings. The lowest BCUT2D eigenvalue weighted by atomic mass is 10.4. The number of anilines is 1. The van der Waals surface area contributed by atoms with Crippen LogP contribution in [0.15, 0.2) is 51.1 Å². The Morgan fingerprint density at radius 1 is 1.47 bits per heavy atom. The minimum Gasteiger partial charge on any atom is -0.467 e. The van der Waals surface area contributed by atoms with Crippen molar-refractivity contribution in [3.05, 3.63) is 63.7 Å². The normalized spacial score (nSPS) is 10.4. The summed E-state index contributed by atoms with van der Waals surface area (Å²) < 4.78 is 7.68. The first-order valence-electron chi connectivity index (χ1n) is 5.81. The van der Waals surface area contributed by atoms with E-state index in [9.17, 15) is 9.59 Å². The minimum absolute atomic E-state index is 0.327. The fourth-order valence-electron chi connectivity index (χ4n) is 1.71. The van der Waals surface area contributed by atoms with E-state index in [0.717, 1.165) is 10.3 Å². The van der Waals surface area contributed by atoms with Gasteiger partial charge in [0.2, 0.25) is 0 Å². The highest BCUT2D eigenvalue weighted by Crippen LogP contribution is 2.06. The van der Waals surface area contributed by atoms with E-state index in [1.807, 2.05) is 6.07 Å². The maximum absolute atomic E-state index is 12.0. The second kappa shape index (κ2) is 5.43. The smallest absolute Gasteiger partial charge is 0.332 e. The third-order valence-corrected chi connectivity index (χ3v) is 2.73. The van der Waals surface area contributed by atoms with E-state index >= 15 is 0 Å². The van der Waals surface area contributed by atoms with E-state index in [0.29, 0.717) is 18.9 Å². The van der Waals surface area contributed by atoms with Gasteiger partial charge in [0.1, 0.15) is 11.6 Å². The zero-order valence-corrected chi connectivity index (χ0v) is 10.6. The van der Waals surface area contributed by atoms with Gasteiger partial charge in [-0.2, -0.15) is 0 Å². The molecule has 0 unspecified atom stereocenters. The molecule has 0 aliphatic rings. The molecule has 0 aliphatic carbocycles. The van der Waals surface area contributed by atoms with Gasteiger partial charge in [-0.3, -0.25) is 13.9 Å². The molecule has 2 heterocycles. The standard InChI is InChI=1S/C13H15N3O3/c1-3-6-16-11(8-12(17)15(2)13(16)18)14-9-10-5-4-7-19-10/h3-5,7-8,14H,1,6,9H2,2H3. The zero-order chi connectivity index (χ0) is 13.8. The van der Waals surface area contributed by atoms with Crippen LogP contribution >= 0.6 is 0 Å². The molecule has 2 aromatic rings. The van der Waals surface area contributed by atoms with Crippen LogP contribution < -0.4 is 16.6 Å². The van der Waals surface area contributed by atoms with Gasteiger partial charge in [-0.1, -0.05) is 6.08 Å².